The van der Waals surface area contributed by atoms with Crippen LogP contribution in [0.4, 0.5) is 0 Å². The summed E-state index contributed by atoms with van der Waals surface area (Å²) in [4.78, 5) is 20.4. The Morgan fingerprint density at radius 2 is 1.63 bits per heavy atom. The van der Waals surface area contributed by atoms with E-state index >= 15 is 0 Å². The third kappa shape index (κ3) is 2.28. The van der Waals surface area contributed by atoms with Crippen LogP contribution in [0, 0.1) is 0 Å². The van der Waals surface area contributed by atoms with Crippen LogP contribution >= 0.6 is 0 Å². The lowest BCUT2D eigenvalue weighted by Gasteiger charge is -2.06. The first-order valence-corrected chi connectivity index (χ1v) is 5.90. The van der Waals surface area contributed by atoms with Gasteiger partial charge in [-0.1, -0.05) is 12.1 Å². The maximum Gasteiger partial charge on any atom is 0.256 e. The summed E-state index contributed by atoms with van der Waals surface area (Å²) < 4.78 is 1.52. The molecule has 4 heteroatoms. The van der Waals surface area contributed by atoms with Crippen LogP contribution in [0.2, 0.25) is 0 Å². The molecule has 19 heavy (non-hydrogen) atoms. The minimum absolute atomic E-state index is 0.113. The molecule has 92 valence electrons. The molecule has 0 aliphatic heterocycles. The molecule has 0 N–H and O–H groups in total. The highest BCUT2D eigenvalue weighted by Crippen LogP contribution is 2.15. The Morgan fingerprint density at radius 3 is 2.32 bits per heavy atom. The van der Waals surface area contributed by atoms with Gasteiger partial charge in [-0.15, -0.1) is 0 Å². The summed E-state index contributed by atoms with van der Waals surface area (Å²) in [5.41, 5.74) is 1.59. The summed E-state index contributed by atoms with van der Waals surface area (Å²) in [6.07, 6.45) is 5.15. The van der Waals surface area contributed by atoms with E-state index in [2.05, 4.69) is 9.97 Å². The van der Waals surface area contributed by atoms with Crippen LogP contribution in [-0.2, 0) is 0 Å². The van der Waals surface area contributed by atoms with E-state index in [1.54, 1.807) is 30.7 Å². The third-order valence-electron chi connectivity index (χ3n) is 2.77. The van der Waals surface area contributed by atoms with Gasteiger partial charge in [-0.2, -0.15) is 0 Å². The van der Waals surface area contributed by atoms with Gasteiger partial charge < -0.3 is 0 Å². The predicted octanol–water partition coefficient (Wildman–Crippen LogP) is 2.29. The SMILES string of the molecule is O=c1ccc(-c2ccccn2)cn1-c1ccccn1. The standard InChI is InChI=1S/C15H11N3O/c19-15-8-7-12(13-5-1-3-9-16-13)11-18(15)14-6-2-4-10-17-14/h1-11H. The molecule has 0 aliphatic rings. The Morgan fingerprint density at radius 1 is 0.842 bits per heavy atom. The average Bonchev–Trinajstić information content (AvgIpc) is 2.49. The van der Waals surface area contributed by atoms with E-state index in [0.29, 0.717) is 5.82 Å². The highest BCUT2D eigenvalue weighted by atomic mass is 16.1. The predicted molar refractivity (Wildman–Crippen MR) is 73.1 cm³/mol. The van der Waals surface area contributed by atoms with E-state index in [9.17, 15) is 4.79 Å². The summed E-state index contributed by atoms with van der Waals surface area (Å²) in [6, 6.07) is 14.4. The fourth-order valence-corrected chi connectivity index (χ4v) is 1.85. The first-order valence-electron chi connectivity index (χ1n) is 5.90. The second-order valence-corrected chi connectivity index (χ2v) is 4.03. The van der Waals surface area contributed by atoms with Crippen molar-refractivity contribution in [2.45, 2.75) is 0 Å². The van der Waals surface area contributed by atoms with E-state index < -0.39 is 0 Å². The Bertz CT molecular complexity index is 736. The van der Waals surface area contributed by atoms with Crippen LogP contribution in [-0.4, -0.2) is 14.5 Å². The van der Waals surface area contributed by atoms with Gasteiger partial charge in [0.05, 0.1) is 5.69 Å². The quantitative estimate of drug-likeness (QED) is 0.700. The second kappa shape index (κ2) is 4.86. The summed E-state index contributed by atoms with van der Waals surface area (Å²) in [5.74, 6) is 0.602. The number of nitrogens with zero attached hydrogens (tertiary/aromatic N) is 3. The highest BCUT2D eigenvalue weighted by molar-refractivity contribution is 5.57. The van der Waals surface area contributed by atoms with Gasteiger partial charge in [-0.25, -0.2) is 4.98 Å². The zero-order valence-electron chi connectivity index (χ0n) is 10.1. The van der Waals surface area contributed by atoms with Crippen LogP contribution in [0.25, 0.3) is 17.1 Å². The van der Waals surface area contributed by atoms with Crippen LogP contribution in [0.5, 0.6) is 0 Å². The summed E-state index contributed by atoms with van der Waals surface area (Å²) in [6.45, 7) is 0. The van der Waals surface area contributed by atoms with Crippen LogP contribution in [0.1, 0.15) is 0 Å². The normalized spacial score (nSPS) is 10.3. The van der Waals surface area contributed by atoms with E-state index in [0.717, 1.165) is 11.3 Å². The van der Waals surface area contributed by atoms with E-state index in [1.165, 1.54) is 10.6 Å². The van der Waals surface area contributed by atoms with Gasteiger partial charge in [0, 0.05) is 30.2 Å². The molecule has 0 bridgehead atoms. The fourth-order valence-electron chi connectivity index (χ4n) is 1.85. The maximum absolute atomic E-state index is 11.9. The third-order valence-corrected chi connectivity index (χ3v) is 2.77. The molecule has 3 aromatic heterocycles. The lowest BCUT2D eigenvalue weighted by Crippen LogP contribution is -2.17. The number of hydrogen-bond acceptors (Lipinski definition) is 3. The first kappa shape index (κ1) is 11.3. The Balaban J connectivity index is 2.15. The zero-order chi connectivity index (χ0) is 13.1. The summed E-state index contributed by atoms with van der Waals surface area (Å²) >= 11 is 0. The Hall–Kier alpha value is -2.75. The van der Waals surface area contributed by atoms with Crippen LogP contribution in [0.3, 0.4) is 0 Å². The second-order valence-electron chi connectivity index (χ2n) is 4.03. The molecule has 0 amide bonds. The fraction of sp³-hybridized carbons (Fsp3) is 0. The molecule has 0 aromatic carbocycles. The van der Waals surface area contributed by atoms with Crippen molar-refractivity contribution in [1.82, 2.24) is 14.5 Å². The molecule has 0 atom stereocenters. The minimum Gasteiger partial charge on any atom is -0.269 e. The Kier molecular flexibility index (Phi) is 2.90. The zero-order valence-corrected chi connectivity index (χ0v) is 10.1. The smallest absolute Gasteiger partial charge is 0.256 e. The molecule has 3 heterocycles. The van der Waals surface area contributed by atoms with E-state index in [4.69, 9.17) is 0 Å². The van der Waals surface area contributed by atoms with Crippen molar-refractivity contribution in [3.05, 3.63) is 77.5 Å². The molecular formula is C15H11N3O. The minimum atomic E-state index is -0.113. The van der Waals surface area contributed by atoms with Gasteiger partial charge in [0.15, 0.2) is 0 Å². The topological polar surface area (TPSA) is 47.8 Å². The van der Waals surface area contributed by atoms with Crippen molar-refractivity contribution in [2.75, 3.05) is 0 Å². The molecule has 0 unspecified atom stereocenters. The molecule has 0 saturated carbocycles. The monoisotopic (exact) mass is 249 g/mol. The number of rotatable bonds is 2. The van der Waals surface area contributed by atoms with Crippen molar-refractivity contribution in [1.29, 1.82) is 0 Å². The number of aromatic nitrogens is 3. The van der Waals surface area contributed by atoms with Gasteiger partial charge in [0.1, 0.15) is 5.82 Å². The van der Waals surface area contributed by atoms with E-state index in [-0.39, 0.29) is 5.56 Å². The first-order chi connectivity index (χ1) is 9.34. The number of pyridine rings is 3. The Labute approximate surface area is 110 Å². The molecule has 4 nitrogen and oxygen atoms in total. The van der Waals surface area contributed by atoms with E-state index in [1.807, 2.05) is 30.3 Å². The summed E-state index contributed by atoms with van der Waals surface area (Å²) in [5, 5.41) is 0. The van der Waals surface area contributed by atoms with Gasteiger partial charge in [-0.05, 0) is 30.3 Å². The average molecular weight is 249 g/mol. The molecule has 3 rings (SSSR count). The highest BCUT2D eigenvalue weighted by Gasteiger charge is 2.04. The maximum atomic E-state index is 11.9. The molecule has 0 radical (unpaired) electrons. The van der Waals surface area contributed by atoms with Crippen LogP contribution < -0.4 is 5.56 Å². The van der Waals surface area contributed by atoms with Gasteiger partial charge in [0.25, 0.3) is 5.56 Å². The van der Waals surface area contributed by atoms with Crippen molar-refractivity contribution in [2.24, 2.45) is 0 Å². The summed E-state index contributed by atoms with van der Waals surface area (Å²) in [7, 11) is 0. The van der Waals surface area contributed by atoms with Crippen molar-refractivity contribution >= 4 is 0 Å². The molecule has 0 saturated heterocycles. The van der Waals surface area contributed by atoms with Crippen molar-refractivity contribution in [3.63, 3.8) is 0 Å². The van der Waals surface area contributed by atoms with Gasteiger partial charge >= 0.3 is 0 Å². The van der Waals surface area contributed by atoms with Crippen molar-refractivity contribution < 1.29 is 0 Å². The molecule has 0 spiro atoms. The largest absolute Gasteiger partial charge is 0.269 e. The van der Waals surface area contributed by atoms with Crippen LogP contribution in [0.15, 0.2) is 71.9 Å². The molecule has 3 aromatic rings. The molecular weight excluding hydrogens is 238 g/mol. The molecule has 0 fully saturated rings. The molecule has 0 aliphatic carbocycles. The lowest BCUT2D eigenvalue weighted by atomic mass is 10.2. The number of hydrogen-bond donors (Lipinski definition) is 0. The van der Waals surface area contributed by atoms with Gasteiger partial charge in [0.2, 0.25) is 0 Å². The van der Waals surface area contributed by atoms with Gasteiger partial charge in [-0.3, -0.25) is 14.3 Å². The van der Waals surface area contributed by atoms with Crippen molar-refractivity contribution in [3.8, 4) is 17.1 Å². The lowest BCUT2D eigenvalue weighted by molar-refractivity contribution is 0.941.